The lowest BCUT2D eigenvalue weighted by Crippen LogP contribution is -2.21. The average Bonchev–Trinajstić information content (AvgIpc) is 2.16. The number of hydrogen-bond acceptors (Lipinski definition) is 2. The molecule has 1 unspecified atom stereocenters. The third kappa shape index (κ3) is 1.67. The van der Waals surface area contributed by atoms with Gasteiger partial charge in [-0.1, -0.05) is 0 Å². The van der Waals surface area contributed by atoms with Crippen molar-refractivity contribution in [3.05, 3.63) is 34.1 Å². The summed E-state index contributed by atoms with van der Waals surface area (Å²) in [4.78, 5) is 0. The Morgan fingerprint density at radius 2 is 2.29 bits per heavy atom. The predicted molar refractivity (Wildman–Crippen MR) is 54.7 cm³/mol. The van der Waals surface area contributed by atoms with Crippen LogP contribution in [-0.4, -0.2) is 13.4 Å². The molecule has 1 aliphatic rings. The zero-order valence-corrected chi connectivity index (χ0v) is 9.05. The lowest BCUT2D eigenvalue weighted by atomic mass is 10.1. The molecule has 0 saturated carbocycles. The van der Waals surface area contributed by atoms with Crippen LogP contribution >= 0.6 is 15.9 Å². The van der Waals surface area contributed by atoms with Crippen LogP contribution in [0.3, 0.4) is 0 Å². The molecule has 0 N–H and O–H groups in total. The number of hydrogen-bond donors (Lipinski definition) is 0. The molecule has 0 bridgehead atoms. The van der Waals surface area contributed by atoms with Crippen LogP contribution in [-0.2, 0) is 4.74 Å². The lowest BCUT2D eigenvalue weighted by molar-refractivity contribution is -0.0194. The molecule has 14 heavy (non-hydrogen) atoms. The van der Waals surface area contributed by atoms with Gasteiger partial charge in [0.2, 0.25) is 6.29 Å². The quantitative estimate of drug-likeness (QED) is 0.772. The van der Waals surface area contributed by atoms with Crippen molar-refractivity contribution < 1.29 is 13.9 Å². The minimum Gasteiger partial charge on any atom is -0.459 e. The molecule has 1 aromatic carbocycles. The van der Waals surface area contributed by atoms with Crippen molar-refractivity contribution >= 4 is 22.0 Å². The third-order valence-corrected chi connectivity index (χ3v) is 2.54. The molecule has 0 radical (unpaired) electrons. The highest BCUT2D eigenvalue weighted by molar-refractivity contribution is 9.11. The van der Waals surface area contributed by atoms with Gasteiger partial charge in [0.25, 0.3) is 0 Å². The summed E-state index contributed by atoms with van der Waals surface area (Å²) in [6.07, 6.45) is 1.35. The fourth-order valence-electron chi connectivity index (χ4n) is 1.29. The van der Waals surface area contributed by atoms with Crippen molar-refractivity contribution in [2.45, 2.75) is 6.29 Å². The molecule has 0 amide bonds. The van der Waals surface area contributed by atoms with Crippen LogP contribution in [0.2, 0.25) is 0 Å². The molecule has 0 aromatic heterocycles. The maximum Gasteiger partial charge on any atom is 0.233 e. The van der Waals surface area contributed by atoms with Gasteiger partial charge in [0.05, 0.1) is 4.48 Å². The molecule has 1 atom stereocenters. The maximum absolute atomic E-state index is 12.9. The highest BCUT2D eigenvalue weighted by Crippen LogP contribution is 2.32. The normalized spacial score (nSPS) is 19.6. The SMILES string of the molecule is COC1Oc2ccc(F)cc2C=C1Br. The minimum atomic E-state index is -0.437. The Morgan fingerprint density at radius 1 is 1.50 bits per heavy atom. The summed E-state index contributed by atoms with van der Waals surface area (Å²) in [5.74, 6) is 0.348. The van der Waals surface area contributed by atoms with Gasteiger partial charge < -0.3 is 9.47 Å². The Hall–Kier alpha value is -0.870. The van der Waals surface area contributed by atoms with Crippen molar-refractivity contribution in [3.8, 4) is 5.75 Å². The monoisotopic (exact) mass is 258 g/mol. The third-order valence-electron chi connectivity index (χ3n) is 1.94. The van der Waals surface area contributed by atoms with Crippen molar-refractivity contribution in [1.29, 1.82) is 0 Å². The second-order valence-corrected chi connectivity index (χ2v) is 3.81. The number of fused-ring (bicyclic) bond motifs is 1. The molecule has 2 nitrogen and oxygen atoms in total. The Bertz CT molecular complexity index is 390. The predicted octanol–water partition coefficient (Wildman–Crippen LogP) is 2.93. The van der Waals surface area contributed by atoms with Crippen LogP contribution in [0, 0.1) is 5.82 Å². The van der Waals surface area contributed by atoms with Gasteiger partial charge in [-0.25, -0.2) is 4.39 Å². The molecular formula is C10H8BrFO2. The van der Waals surface area contributed by atoms with Crippen LogP contribution in [0.1, 0.15) is 5.56 Å². The van der Waals surface area contributed by atoms with Gasteiger partial charge in [-0.05, 0) is 40.2 Å². The summed E-state index contributed by atoms with van der Waals surface area (Å²) < 4.78 is 24.1. The van der Waals surface area contributed by atoms with E-state index in [0.29, 0.717) is 11.3 Å². The molecule has 0 fully saturated rings. The van der Waals surface area contributed by atoms with Crippen molar-refractivity contribution in [2.75, 3.05) is 7.11 Å². The largest absolute Gasteiger partial charge is 0.459 e. The molecule has 1 aliphatic heterocycles. The van der Waals surface area contributed by atoms with Crippen LogP contribution in [0.4, 0.5) is 4.39 Å². The van der Waals surface area contributed by atoms with Crippen molar-refractivity contribution in [1.82, 2.24) is 0 Å². The highest BCUT2D eigenvalue weighted by Gasteiger charge is 2.20. The van der Waals surface area contributed by atoms with Gasteiger partial charge in [0.15, 0.2) is 0 Å². The summed E-state index contributed by atoms with van der Waals surface area (Å²) >= 11 is 3.30. The fraction of sp³-hybridized carbons (Fsp3) is 0.200. The Balaban J connectivity index is 2.43. The van der Waals surface area contributed by atoms with E-state index in [1.807, 2.05) is 0 Å². The fourth-order valence-corrected chi connectivity index (χ4v) is 1.82. The standard InChI is InChI=1S/C10H8BrFO2/c1-13-10-8(11)5-6-4-7(12)2-3-9(6)14-10/h2-5,10H,1H3. The number of benzene rings is 1. The maximum atomic E-state index is 12.9. The van der Waals surface area contributed by atoms with Crippen LogP contribution in [0.25, 0.3) is 6.08 Å². The second kappa shape index (κ2) is 3.71. The second-order valence-electron chi connectivity index (χ2n) is 2.90. The van der Waals surface area contributed by atoms with Gasteiger partial charge in [-0.3, -0.25) is 0 Å². The van der Waals surface area contributed by atoms with Gasteiger partial charge in [-0.15, -0.1) is 0 Å². The number of methoxy groups -OCH3 is 1. The van der Waals surface area contributed by atoms with Crippen LogP contribution < -0.4 is 4.74 Å². The highest BCUT2D eigenvalue weighted by atomic mass is 79.9. The smallest absolute Gasteiger partial charge is 0.233 e. The van der Waals surface area contributed by atoms with E-state index in [1.54, 1.807) is 19.3 Å². The summed E-state index contributed by atoms with van der Waals surface area (Å²) in [6.45, 7) is 0. The van der Waals surface area contributed by atoms with Crippen molar-refractivity contribution in [3.63, 3.8) is 0 Å². The van der Waals surface area contributed by atoms with E-state index in [2.05, 4.69) is 15.9 Å². The summed E-state index contributed by atoms with van der Waals surface area (Å²) in [6, 6.07) is 4.37. The topological polar surface area (TPSA) is 18.5 Å². The van der Waals surface area contributed by atoms with E-state index in [9.17, 15) is 4.39 Å². The van der Waals surface area contributed by atoms with E-state index in [4.69, 9.17) is 9.47 Å². The van der Waals surface area contributed by atoms with E-state index in [0.717, 1.165) is 4.48 Å². The van der Waals surface area contributed by atoms with Crippen LogP contribution in [0.15, 0.2) is 22.7 Å². The molecule has 1 aromatic rings. The Kier molecular flexibility index (Phi) is 2.56. The zero-order valence-electron chi connectivity index (χ0n) is 7.46. The number of ether oxygens (including phenoxy) is 2. The van der Waals surface area contributed by atoms with E-state index < -0.39 is 6.29 Å². The van der Waals surface area contributed by atoms with Gasteiger partial charge in [0, 0.05) is 12.7 Å². The molecule has 0 aliphatic carbocycles. The molecule has 1 heterocycles. The molecule has 2 rings (SSSR count). The summed E-state index contributed by atoms with van der Waals surface area (Å²) in [7, 11) is 1.55. The van der Waals surface area contributed by atoms with Crippen LogP contribution in [0.5, 0.6) is 5.75 Å². The molecule has 0 saturated heterocycles. The van der Waals surface area contributed by atoms with Gasteiger partial charge in [0.1, 0.15) is 11.6 Å². The molecule has 0 spiro atoms. The number of halogens is 2. The summed E-state index contributed by atoms with van der Waals surface area (Å²) in [5, 5.41) is 0. The minimum absolute atomic E-state index is 0.278. The Morgan fingerprint density at radius 3 is 3.00 bits per heavy atom. The van der Waals surface area contributed by atoms with E-state index in [1.165, 1.54) is 12.1 Å². The van der Waals surface area contributed by atoms with Gasteiger partial charge in [-0.2, -0.15) is 0 Å². The first-order chi connectivity index (χ1) is 6.70. The average molecular weight is 259 g/mol. The van der Waals surface area contributed by atoms with Gasteiger partial charge >= 0.3 is 0 Å². The molecular weight excluding hydrogens is 251 g/mol. The van der Waals surface area contributed by atoms with Crippen molar-refractivity contribution in [2.24, 2.45) is 0 Å². The first-order valence-electron chi connectivity index (χ1n) is 4.07. The Labute approximate surface area is 89.5 Å². The first kappa shape index (κ1) is 9.68. The van der Waals surface area contributed by atoms with E-state index in [-0.39, 0.29) is 5.82 Å². The zero-order chi connectivity index (χ0) is 10.1. The molecule has 74 valence electrons. The molecule has 4 heteroatoms. The summed E-state index contributed by atoms with van der Waals surface area (Å²) in [5.41, 5.74) is 0.713. The lowest BCUT2D eigenvalue weighted by Gasteiger charge is -2.22. The first-order valence-corrected chi connectivity index (χ1v) is 4.86. The van der Waals surface area contributed by atoms with E-state index >= 15 is 0 Å². The number of rotatable bonds is 1.